The normalized spacial score (nSPS) is 11.8. The first-order valence-corrected chi connectivity index (χ1v) is 7.28. The summed E-state index contributed by atoms with van der Waals surface area (Å²) in [4.78, 5) is 12.1. The number of anilines is 1. The zero-order valence-electron chi connectivity index (χ0n) is 12.1. The van der Waals surface area contributed by atoms with E-state index in [2.05, 4.69) is 12.2 Å². The molecule has 0 saturated heterocycles. The molecule has 0 heterocycles. The van der Waals surface area contributed by atoms with Crippen molar-refractivity contribution in [3.8, 4) is 5.75 Å². The molecule has 3 nitrogen and oxygen atoms in total. The average Bonchev–Trinajstić information content (AvgIpc) is 2.49. The highest BCUT2D eigenvalue weighted by atomic mass is 35.5. The molecule has 0 aliphatic rings. The van der Waals surface area contributed by atoms with Crippen molar-refractivity contribution < 1.29 is 9.53 Å². The minimum Gasteiger partial charge on any atom is -0.481 e. The van der Waals surface area contributed by atoms with Crippen molar-refractivity contribution in [2.24, 2.45) is 0 Å². The van der Waals surface area contributed by atoms with E-state index in [0.717, 1.165) is 6.42 Å². The maximum atomic E-state index is 12.1. The van der Waals surface area contributed by atoms with Gasteiger partial charge >= 0.3 is 0 Å². The number of carbonyl (C=O) groups is 1. The van der Waals surface area contributed by atoms with Gasteiger partial charge in [0, 0.05) is 10.7 Å². The van der Waals surface area contributed by atoms with Crippen LogP contribution in [0.15, 0.2) is 48.5 Å². The molecule has 0 spiro atoms. The molecule has 4 heteroatoms. The number of carbonyl (C=O) groups excluding carboxylic acids is 1. The summed E-state index contributed by atoms with van der Waals surface area (Å²) >= 11 is 5.81. The summed E-state index contributed by atoms with van der Waals surface area (Å²) in [5.41, 5.74) is 1.87. The fraction of sp³-hybridized carbons (Fsp3) is 0.235. The number of hydrogen-bond donors (Lipinski definition) is 1. The second-order valence-corrected chi connectivity index (χ2v) is 5.19. The van der Waals surface area contributed by atoms with Crippen LogP contribution in [0.3, 0.4) is 0 Å². The molecular weight excluding hydrogens is 286 g/mol. The summed E-state index contributed by atoms with van der Waals surface area (Å²) in [6.07, 6.45) is 0.357. The molecule has 2 rings (SSSR count). The van der Waals surface area contributed by atoms with Crippen LogP contribution in [0.2, 0.25) is 5.02 Å². The molecular formula is C17H18ClNO2. The van der Waals surface area contributed by atoms with Gasteiger partial charge in [-0.2, -0.15) is 0 Å². The Bertz CT molecular complexity index is 610. The zero-order chi connectivity index (χ0) is 15.2. The first kappa shape index (κ1) is 15.4. The molecule has 2 aromatic rings. The van der Waals surface area contributed by atoms with E-state index in [1.165, 1.54) is 5.56 Å². The van der Waals surface area contributed by atoms with Crippen LogP contribution < -0.4 is 10.1 Å². The summed E-state index contributed by atoms with van der Waals surface area (Å²) in [5, 5.41) is 3.43. The van der Waals surface area contributed by atoms with Crippen LogP contribution >= 0.6 is 11.6 Å². The molecule has 0 aliphatic heterocycles. The fourth-order valence-electron chi connectivity index (χ4n) is 1.87. The molecule has 0 bridgehead atoms. The maximum Gasteiger partial charge on any atom is 0.265 e. The quantitative estimate of drug-likeness (QED) is 0.894. The minimum atomic E-state index is -0.576. The Hall–Kier alpha value is -2.00. The molecule has 0 aliphatic carbocycles. The minimum absolute atomic E-state index is 0.195. The van der Waals surface area contributed by atoms with Gasteiger partial charge in [0.1, 0.15) is 5.75 Å². The topological polar surface area (TPSA) is 38.3 Å². The van der Waals surface area contributed by atoms with E-state index >= 15 is 0 Å². The predicted octanol–water partition coefficient (Wildman–Crippen LogP) is 4.31. The number of aryl methyl sites for hydroxylation is 1. The number of ether oxygens (including phenoxy) is 1. The summed E-state index contributed by atoms with van der Waals surface area (Å²) in [7, 11) is 0. The second kappa shape index (κ2) is 7.14. The Balaban J connectivity index is 1.97. The smallest absolute Gasteiger partial charge is 0.265 e. The van der Waals surface area contributed by atoms with E-state index < -0.39 is 6.10 Å². The molecule has 1 atom stereocenters. The summed E-state index contributed by atoms with van der Waals surface area (Å²) in [6, 6.07) is 14.7. The molecule has 2 aromatic carbocycles. The van der Waals surface area contributed by atoms with Crippen molar-refractivity contribution in [2.75, 3.05) is 5.32 Å². The van der Waals surface area contributed by atoms with E-state index in [4.69, 9.17) is 16.3 Å². The molecule has 0 radical (unpaired) electrons. The lowest BCUT2D eigenvalue weighted by Crippen LogP contribution is -2.30. The largest absolute Gasteiger partial charge is 0.481 e. The van der Waals surface area contributed by atoms with Crippen LogP contribution in [0.4, 0.5) is 5.69 Å². The van der Waals surface area contributed by atoms with Gasteiger partial charge in [-0.15, -0.1) is 0 Å². The van der Waals surface area contributed by atoms with Crippen LogP contribution in [-0.4, -0.2) is 12.0 Å². The molecule has 1 amide bonds. The number of rotatable bonds is 5. The van der Waals surface area contributed by atoms with Crippen molar-refractivity contribution in [3.05, 3.63) is 59.1 Å². The standard InChI is InChI=1S/C17H18ClNO2/c1-3-13-5-4-6-16(11-13)21-12(2)17(20)19-15-9-7-14(18)8-10-15/h4-12H,3H2,1-2H3,(H,19,20). The Morgan fingerprint density at radius 1 is 1.24 bits per heavy atom. The molecule has 0 aromatic heterocycles. The average molecular weight is 304 g/mol. The number of nitrogens with one attached hydrogen (secondary N) is 1. The molecule has 1 unspecified atom stereocenters. The van der Waals surface area contributed by atoms with Crippen LogP contribution in [0.5, 0.6) is 5.75 Å². The molecule has 0 saturated carbocycles. The summed E-state index contributed by atoms with van der Waals surface area (Å²) < 4.78 is 5.68. The SMILES string of the molecule is CCc1cccc(OC(C)C(=O)Nc2ccc(Cl)cc2)c1. The van der Waals surface area contributed by atoms with Crippen molar-refractivity contribution >= 4 is 23.2 Å². The van der Waals surface area contributed by atoms with Crippen molar-refractivity contribution in [1.82, 2.24) is 0 Å². The summed E-state index contributed by atoms with van der Waals surface area (Å²) in [5.74, 6) is 0.507. The van der Waals surface area contributed by atoms with Gasteiger partial charge in [-0.05, 0) is 55.3 Å². The van der Waals surface area contributed by atoms with Crippen LogP contribution in [0.25, 0.3) is 0 Å². The van der Waals surface area contributed by atoms with Crippen LogP contribution in [-0.2, 0) is 11.2 Å². The van der Waals surface area contributed by atoms with Gasteiger partial charge in [0.25, 0.3) is 5.91 Å². The summed E-state index contributed by atoms with van der Waals surface area (Å²) in [6.45, 7) is 3.81. The fourth-order valence-corrected chi connectivity index (χ4v) is 2.00. The Morgan fingerprint density at radius 2 is 1.95 bits per heavy atom. The third kappa shape index (κ3) is 4.50. The Kier molecular flexibility index (Phi) is 5.23. The van der Waals surface area contributed by atoms with Gasteiger partial charge in [0.05, 0.1) is 0 Å². The number of hydrogen-bond acceptors (Lipinski definition) is 2. The molecule has 0 fully saturated rings. The Morgan fingerprint density at radius 3 is 2.62 bits per heavy atom. The molecule has 21 heavy (non-hydrogen) atoms. The zero-order valence-corrected chi connectivity index (χ0v) is 12.9. The van der Waals surface area contributed by atoms with E-state index in [0.29, 0.717) is 16.5 Å². The van der Waals surface area contributed by atoms with Gasteiger partial charge in [-0.1, -0.05) is 30.7 Å². The third-order valence-corrected chi connectivity index (χ3v) is 3.35. The predicted molar refractivity (Wildman–Crippen MR) is 86.0 cm³/mol. The van der Waals surface area contributed by atoms with Gasteiger partial charge in [0.2, 0.25) is 0 Å². The monoisotopic (exact) mass is 303 g/mol. The molecule has 110 valence electrons. The van der Waals surface area contributed by atoms with Gasteiger partial charge in [0.15, 0.2) is 6.10 Å². The third-order valence-electron chi connectivity index (χ3n) is 3.10. The van der Waals surface area contributed by atoms with Crippen molar-refractivity contribution in [2.45, 2.75) is 26.4 Å². The van der Waals surface area contributed by atoms with Gasteiger partial charge < -0.3 is 10.1 Å². The maximum absolute atomic E-state index is 12.1. The second-order valence-electron chi connectivity index (χ2n) is 4.76. The van der Waals surface area contributed by atoms with Gasteiger partial charge in [-0.25, -0.2) is 0 Å². The van der Waals surface area contributed by atoms with E-state index in [1.807, 2.05) is 24.3 Å². The van der Waals surface area contributed by atoms with Gasteiger partial charge in [-0.3, -0.25) is 4.79 Å². The van der Waals surface area contributed by atoms with E-state index in [9.17, 15) is 4.79 Å². The number of benzene rings is 2. The molecule has 1 N–H and O–H groups in total. The van der Waals surface area contributed by atoms with E-state index in [1.54, 1.807) is 31.2 Å². The highest BCUT2D eigenvalue weighted by Gasteiger charge is 2.14. The number of halogens is 1. The first-order valence-electron chi connectivity index (χ1n) is 6.90. The lowest BCUT2D eigenvalue weighted by atomic mass is 10.2. The lowest BCUT2D eigenvalue weighted by Gasteiger charge is -2.15. The highest BCUT2D eigenvalue weighted by molar-refractivity contribution is 6.30. The first-order chi connectivity index (χ1) is 10.1. The van der Waals surface area contributed by atoms with Crippen LogP contribution in [0.1, 0.15) is 19.4 Å². The van der Waals surface area contributed by atoms with Crippen molar-refractivity contribution in [1.29, 1.82) is 0 Å². The lowest BCUT2D eigenvalue weighted by molar-refractivity contribution is -0.122. The Labute approximate surface area is 129 Å². The van der Waals surface area contributed by atoms with Crippen molar-refractivity contribution in [3.63, 3.8) is 0 Å². The highest BCUT2D eigenvalue weighted by Crippen LogP contribution is 2.17. The number of amides is 1. The van der Waals surface area contributed by atoms with E-state index in [-0.39, 0.29) is 5.91 Å². The van der Waals surface area contributed by atoms with Crippen LogP contribution in [0, 0.1) is 0 Å².